The van der Waals surface area contributed by atoms with Gasteiger partial charge in [-0.25, -0.2) is 0 Å². The molecular formula is C35H33F6OP4Rh-. The van der Waals surface area contributed by atoms with Crippen LogP contribution in [0.25, 0.3) is 0 Å². The van der Waals surface area contributed by atoms with Gasteiger partial charge in [0, 0.05) is 19.5 Å². The smallest absolute Gasteiger partial charge is 0 e. The Balaban J connectivity index is 0.000000684. The summed E-state index contributed by atoms with van der Waals surface area (Å²) in [5, 5.41) is 7.50. The normalized spacial score (nSPS) is 12.4. The zero-order chi connectivity index (χ0) is 33.5. The summed E-state index contributed by atoms with van der Waals surface area (Å²) in [6.07, 6.45) is 5.00. The molecule has 0 aliphatic carbocycles. The molecule has 0 heterocycles. The van der Waals surface area contributed by atoms with E-state index in [2.05, 4.69) is 158 Å². The van der Waals surface area contributed by atoms with Gasteiger partial charge in [-0.05, 0) is 67.0 Å². The first-order chi connectivity index (χ1) is 21.8. The van der Waals surface area contributed by atoms with Crippen molar-refractivity contribution in [1.29, 1.82) is 0 Å². The largest absolute Gasteiger partial charge is 0.0746 e. The molecule has 5 aromatic rings. The van der Waals surface area contributed by atoms with E-state index in [1.807, 2.05) is 0 Å². The van der Waals surface area contributed by atoms with Crippen molar-refractivity contribution < 1.29 is 49.3 Å². The maximum Gasteiger partial charge on any atom is 0 e. The summed E-state index contributed by atoms with van der Waals surface area (Å²) in [6.45, 7) is 4.50. The van der Waals surface area contributed by atoms with Crippen LogP contribution in [0.15, 0.2) is 152 Å². The van der Waals surface area contributed by atoms with E-state index in [0.29, 0.717) is 0 Å². The van der Waals surface area contributed by atoms with E-state index in [1.54, 1.807) is 5.30 Å². The van der Waals surface area contributed by atoms with Crippen molar-refractivity contribution >= 4 is 58.1 Å². The standard InChI is InChI=1S/C34H33P3.CO.F6P.Rh/c1-6-16-30(17-7-1)35(26-28-36(31-18-8-2-9-19-31)32-20-10-3-11-21-32)27-29-37(33-22-12-4-13-23-33)34-24-14-5-15-25-34;1-2;1-7(2,3,4,5)6;/h1-25H,26-29H2;;;/q;;-1;. The molecule has 251 valence electrons. The van der Waals surface area contributed by atoms with Gasteiger partial charge in [0.25, 0.3) is 0 Å². The molecule has 0 saturated heterocycles. The molecule has 0 saturated carbocycles. The zero-order valence-electron chi connectivity index (χ0n) is 25.1. The molecule has 12 heteroatoms. The predicted molar refractivity (Wildman–Crippen MR) is 188 cm³/mol. The van der Waals surface area contributed by atoms with Gasteiger partial charge in [0.15, 0.2) is 0 Å². The molecule has 5 aromatic carbocycles. The Kier molecular flexibility index (Phi) is 16.1. The SMILES string of the molecule is F[P-](F)(F)(F)(F)F.[C-]#[O+].[Rh].c1ccc(P(CCP(c2ccccc2)c2ccccc2)CCP(c2ccccc2)c2ccccc2)cc1. The van der Waals surface area contributed by atoms with Crippen LogP contribution >= 0.6 is 31.6 Å². The molecule has 0 amide bonds. The maximum absolute atomic E-state index is 10.7. The van der Waals surface area contributed by atoms with Crippen LogP contribution in [0.2, 0.25) is 0 Å². The molecule has 5 rings (SSSR count). The van der Waals surface area contributed by atoms with Gasteiger partial charge >= 0.3 is 44.3 Å². The van der Waals surface area contributed by atoms with Gasteiger partial charge in [0.1, 0.15) is 0 Å². The Labute approximate surface area is 289 Å². The Morgan fingerprint density at radius 1 is 0.383 bits per heavy atom. The third-order valence-electron chi connectivity index (χ3n) is 6.58. The summed E-state index contributed by atoms with van der Waals surface area (Å²) in [4.78, 5) is 0. The summed E-state index contributed by atoms with van der Waals surface area (Å²) >= 11 is 0. The van der Waals surface area contributed by atoms with E-state index < -0.39 is 7.81 Å². The number of rotatable bonds is 11. The molecule has 0 N–H and O–H groups in total. The zero-order valence-corrected chi connectivity index (χ0v) is 30.3. The van der Waals surface area contributed by atoms with Crippen LogP contribution in [0, 0.1) is 6.65 Å². The fraction of sp³-hybridized carbons (Fsp3) is 0.114. The van der Waals surface area contributed by atoms with Crippen molar-refractivity contribution in [1.82, 2.24) is 0 Å². The third-order valence-corrected chi connectivity index (χ3v) is 14.9. The van der Waals surface area contributed by atoms with E-state index >= 15 is 0 Å². The molecule has 0 fully saturated rings. The van der Waals surface area contributed by atoms with Crippen LogP contribution in [-0.2, 0) is 24.1 Å². The Bertz CT molecular complexity index is 1420. The molecule has 47 heavy (non-hydrogen) atoms. The van der Waals surface area contributed by atoms with E-state index in [-0.39, 0.29) is 43.2 Å². The van der Waals surface area contributed by atoms with Crippen molar-refractivity contribution in [2.75, 3.05) is 24.6 Å². The molecule has 0 spiro atoms. The van der Waals surface area contributed by atoms with Gasteiger partial charge in [-0.2, -0.15) is 0 Å². The monoisotopic (exact) mass is 810 g/mol. The van der Waals surface area contributed by atoms with Gasteiger partial charge in [-0.15, -0.1) is 0 Å². The molecule has 0 aliphatic heterocycles. The molecule has 0 aromatic heterocycles. The van der Waals surface area contributed by atoms with Gasteiger partial charge in [-0.1, -0.05) is 160 Å². The first-order valence-electron chi connectivity index (χ1n) is 14.2. The second kappa shape index (κ2) is 18.5. The molecule has 0 bridgehead atoms. The topological polar surface area (TPSA) is 19.9 Å². The minimum absolute atomic E-state index is 0. The van der Waals surface area contributed by atoms with Crippen molar-refractivity contribution in [3.63, 3.8) is 0 Å². The van der Waals surface area contributed by atoms with E-state index in [1.165, 1.54) is 45.9 Å². The van der Waals surface area contributed by atoms with E-state index in [0.717, 1.165) is 0 Å². The van der Waals surface area contributed by atoms with Crippen LogP contribution in [-0.4, -0.2) is 24.6 Å². The van der Waals surface area contributed by atoms with Crippen molar-refractivity contribution in [2.24, 2.45) is 0 Å². The van der Waals surface area contributed by atoms with E-state index in [4.69, 9.17) is 4.65 Å². The van der Waals surface area contributed by atoms with Crippen molar-refractivity contribution in [3.05, 3.63) is 158 Å². The predicted octanol–water partition coefficient (Wildman–Crippen LogP) is 10.4. The summed E-state index contributed by atoms with van der Waals surface area (Å²) in [5.41, 5.74) is 0. The first-order valence-corrected chi connectivity index (χ1v) is 20.9. The van der Waals surface area contributed by atoms with Gasteiger partial charge in [-0.3, -0.25) is 0 Å². The number of hydrogen-bond acceptors (Lipinski definition) is 0. The molecule has 1 nitrogen and oxygen atoms in total. The fourth-order valence-corrected chi connectivity index (χ4v) is 13.3. The van der Waals surface area contributed by atoms with Crippen LogP contribution in [0.1, 0.15) is 0 Å². The molecule has 1 radical (unpaired) electrons. The summed E-state index contributed by atoms with van der Waals surface area (Å²) in [5.74, 6) is 0. The Morgan fingerprint density at radius 3 is 0.787 bits per heavy atom. The molecule has 0 atom stereocenters. The van der Waals surface area contributed by atoms with Crippen LogP contribution in [0.5, 0.6) is 0 Å². The summed E-state index contributed by atoms with van der Waals surface area (Å²) < 4.78 is 66.7. The van der Waals surface area contributed by atoms with Crippen molar-refractivity contribution in [2.45, 2.75) is 0 Å². The maximum atomic E-state index is 9.87. The number of benzene rings is 5. The number of hydrogen-bond donors (Lipinski definition) is 0. The first kappa shape index (κ1) is 40.9. The minimum atomic E-state index is -10.7. The molecular weight excluding hydrogens is 777 g/mol. The Hall–Kier alpha value is -2.24. The second-order valence-corrected chi connectivity index (χ2v) is 19.0. The molecule has 0 unspecified atom stereocenters. The Morgan fingerprint density at radius 2 is 0.574 bits per heavy atom. The van der Waals surface area contributed by atoms with Crippen LogP contribution in [0.3, 0.4) is 0 Å². The fourth-order valence-electron chi connectivity index (χ4n) is 4.70. The second-order valence-electron chi connectivity index (χ2n) is 9.93. The van der Waals surface area contributed by atoms with Gasteiger partial charge in [0.05, 0.1) is 0 Å². The van der Waals surface area contributed by atoms with Crippen molar-refractivity contribution in [3.8, 4) is 0 Å². The minimum Gasteiger partial charge on any atom is -0.0746 e. The van der Waals surface area contributed by atoms with Gasteiger partial charge < -0.3 is 0 Å². The summed E-state index contributed by atoms with van der Waals surface area (Å²) in [7, 11) is -11.6. The van der Waals surface area contributed by atoms with E-state index in [9.17, 15) is 25.2 Å². The quantitative estimate of drug-likeness (QED) is 0.0417. The average Bonchev–Trinajstić information content (AvgIpc) is 3.06. The van der Waals surface area contributed by atoms with Gasteiger partial charge in [0.2, 0.25) is 0 Å². The summed E-state index contributed by atoms with van der Waals surface area (Å²) in [6, 6.07) is 56.0. The third kappa shape index (κ3) is 16.6. The van der Waals surface area contributed by atoms with Crippen LogP contribution < -0.4 is 26.5 Å². The van der Waals surface area contributed by atoms with Crippen LogP contribution in [0.4, 0.5) is 25.2 Å². The number of halogens is 6. The average molecular weight is 810 g/mol. The molecule has 0 aliphatic rings.